The van der Waals surface area contributed by atoms with Crippen molar-refractivity contribution >= 4 is 5.97 Å². The molecule has 0 saturated carbocycles. The van der Waals surface area contributed by atoms with E-state index in [1.807, 2.05) is 18.2 Å². The molecule has 104 valence electrons. The van der Waals surface area contributed by atoms with Crippen molar-refractivity contribution in [1.82, 2.24) is 5.32 Å². The molecule has 1 aromatic rings. The molecule has 0 aromatic heterocycles. The highest BCUT2D eigenvalue weighted by Crippen LogP contribution is 2.31. The molecule has 3 atom stereocenters. The van der Waals surface area contributed by atoms with E-state index in [1.165, 1.54) is 5.56 Å². The van der Waals surface area contributed by atoms with Crippen LogP contribution >= 0.6 is 0 Å². The number of ether oxygens (including phenoxy) is 1. The molecule has 0 bridgehead atoms. The highest BCUT2D eigenvalue weighted by molar-refractivity contribution is 5.78. The molecule has 0 radical (unpaired) electrons. The van der Waals surface area contributed by atoms with Gasteiger partial charge in [-0.1, -0.05) is 51.1 Å². The lowest BCUT2D eigenvalue weighted by Gasteiger charge is -2.25. The maximum Gasteiger partial charge on any atom is 0.323 e. The Hall–Kier alpha value is -1.35. The van der Waals surface area contributed by atoms with E-state index < -0.39 is 0 Å². The fourth-order valence-electron chi connectivity index (χ4n) is 2.39. The smallest absolute Gasteiger partial charge is 0.323 e. The van der Waals surface area contributed by atoms with Gasteiger partial charge in [0.25, 0.3) is 0 Å². The second-order valence-corrected chi connectivity index (χ2v) is 6.38. The highest BCUT2D eigenvalue weighted by Gasteiger charge is 2.41. The first-order chi connectivity index (χ1) is 8.88. The van der Waals surface area contributed by atoms with Crippen LogP contribution in [0.1, 0.15) is 45.7 Å². The fraction of sp³-hybridized carbons (Fsp3) is 0.562. The summed E-state index contributed by atoms with van der Waals surface area (Å²) in [6.07, 6.45) is 0.750. The van der Waals surface area contributed by atoms with Crippen molar-refractivity contribution in [1.29, 1.82) is 0 Å². The van der Waals surface area contributed by atoms with Gasteiger partial charge in [-0.15, -0.1) is 0 Å². The highest BCUT2D eigenvalue weighted by atomic mass is 16.6. The maximum atomic E-state index is 11.9. The summed E-state index contributed by atoms with van der Waals surface area (Å²) >= 11 is 0. The molecule has 2 rings (SSSR count). The van der Waals surface area contributed by atoms with Crippen LogP contribution in [0.3, 0.4) is 0 Å². The third kappa shape index (κ3) is 3.35. The average molecular weight is 261 g/mol. The summed E-state index contributed by atoms with van der Waals surface area (Å²) in [6.45, 7) is 8.39. The van der Waals surface area contributed by atoms with Crippen LogP contribution in [0.25, 0.3) is 0 Å². The largest absolute Gasteiger partial charge is 0.461 e. The lowest BCUT2D eigenvalue weighted by molar-refractivity contribution is -0.146. The lowest BCUT2D eigenvalue weighted by Crippen LogP contribution is -2.35. The quantitative estimate of drug-likeness (QED) is 0.850. The predicted molar refractivity (Wildman–Crippen MR) is 75.7 cm³/mol. The van der Waals surface area contributed by atoms with Gasteiger partial charge >= 0.3 is 5.97 Å². The Morgan fingerprint density at radius 1 is 1.26 bits per heavy atom. The minimum absolute atomic E-state index is 0.000438. The van der Waals surface area contributed by atoms with E-state index in [1.54, 1.807) is 0 Å². The summed E-state index contributed by atoms with van der Waals surface area (Å²) in [5.41, 5.74) is 1.19. The summed E-state index contributed by atoms with van der Waals surface area (Å²) in [5, 5.41) is 3.37. The van der Waals surface area contributed by atoms with Crippen LogP contribution < -0.4 is 5.32 Å². The lowest BCUT2D eigenvalue weighted by atomic mass is 9.86. The molecule has 1 saturated heterocycles. The van der Waals surface area contributed by atoms with Crippen molar-refractivity contribution in [2.75, 3.05) is 0 Å². The van der Waals surface area contributed by atoms with E-state index in [0.29, 0.717) is 0 Å². The summed E-state index contributed by atoms with van der Waals surface area (Å²) in [7, 11) is 0. The van der Waals surface area contributed by atoms with Gasteiger partial charge in [0.2, 0.25) is 0 Å². The van der Waals surface area contributed by atoms with Crippen LogP contribution in [0.15, 0.2) is 30.3 Å². The van der Waals surface area contributed by atoms with Crippen molar-refractivity contribution in [3.63, 3.8) is 0 Å². The van der Waals surface area contributed by atoms with Crippen LogP contribution in [0, 0.1) is 5.41 Å². The summed E-state index contributed by atoms with van der Waals surface area (Å²) in [4.78, 5) is 11.9. The van der Waals surface area contributed by atoms with E-state index in [-0.39, 0.29) is 29.6 Å². The Morgan fingerprint density at radius 2 is 1.89 bits per heavy atom. The van der Waals surface area contributed by atoms with E-state index >= 15 is 0 Å². The van der Waals surface area contributed by atoms with Gasteiger partial charge in [-0.25, -0.2) is 0 Å². The zero-order valence-corrected chi connectivity index (χ0v) is 12.1. The topological polar surface area (TPSA) is 38.3 Å². The van der Waals surface area contributed by atoms with Crippen molar-refractivity contribution in [3.05, 3.63) is 35.9 Å². The van der Waals surface area contributed by atoms with Gasteiger partial charge < -0.3 is 4.74 Å². The van der Waals surface area contributed by atoms with Gasteiger partial charge in [-0.2, -0.15) is 0 Å². The molecule has 19 heavy (non-hydrogen) atoms. The average Bonchev–Trinajstić information content (AvgIpc) is 2.72. The van der Waals surface area contributed by atoms with Crippen molar-refractivity contribution in [3.8, 4) is 0 Å². The normalized spacial score (nSPS) is 25.2. The standard InChI is InChI=1S/C16H23NO2/c1-11(12-8-6-5-7-9-12)17-13-10-14(16(2,3)4)19-15(13)18/h5-9,11,13-14,17H,10H2,1-4H3/t11-,13-,14+/m1/s1. The molecule has 3 heteroatoms. The minimum Gasteiger partial charge on any atom is -0.461 e. The molecule has 1 aliphatic heterocycles. The van der Waals surface area contributed by atoms with Crippen LogP contribution in [0.2, 0.25) is 0 Å². The number of hydrogen-bond acceptors (Lipinski definition) is 3. The maximum absolute atomic E-state index is 11.9. The Labute approximate surface area is 115 Å². The molecule has 1 N–H and O–H groups in total. The van der Waals surface area contributed by atoms with E-state index in [2.05, 4.69) is 45.1 Å². The molecular formula is C16H23NO2. The van der Waals surface area contributed by atoms with Gasteiger partial charge in [0.05, 0.1) is 0 Å². The first kappa shape index (κ1) is 14.1. The number of benzene rings is 1. The second-order valence-electron chi connectivity index (χ2n) is 6.38. The van der Waals surface area contributed by atoms with Crippen molar-refractivity contribution in [2.24, 2.45) is 5.41 Å². The van der Waals surface area contributed by atoms with Crippen LogP contribution in [0.5, 0.6) is 0 Å². The second kappa shape index (κ2) is 5.33. The third-order valence-corrected chi connectivity index (χ3v) is 3.71. The van der Waals surface area contributed by atoms with E-state index in [0.717, 1.165) is 6.42 Å². The molecule has 3 nitrogen and oxygen atoms in total. The number of cyclic esters (lactones) is 1. The molecule has 1 aromatic carbocycles. The van der Waals surface area contributed by atoms with Gasteiger partial charge in [-0.05, 0) is 17.9 Å². The molecule has 1 heterocycles. The molecule has 0 spiro atoms. The van der Waals surface area contributed by atoms with Gasteiger partial charge in [-0.3, -0.25) is 10.1 Å². The molecule has 0 unspecified atom stereocenters. The third-order valence-electron chi connectivity index (χ3n) is 3.71. The minimum atomic E-state index is -0.195. The molecule has 0 amide bonds. The van der Waals surface area contributed by atoms with Crippen LogP contribution in [-0.2, 0) is 9.53 Å². The predicted octanol–water partition coefficient (Wildman–Crippen LogP) is 3.07. The SMILES string of the molecule is C[C@@H](N[C@@H]1C[C@@H](C(C)(C)C)OC1=O)c1ccccc1. The summed E-state index contributed by atoms with van der Waals surface area (Å²) in [5.74, 6) is -0.122. The van der Waals surface area contributed by atoms with E-state index in [9.17, 15) is 4.79 Å². The Morgan fingerprint density at radius 3 is 2.42 bits per heavy atom. The molecular weight excluding hydrogens is 238 g/mol. The molecule has 1 fully saturated rings. The first-order valence-corrected chi connectivity index (χ1v) is 6.89. The zero-order valence-electron chi connectivity index (χ0n) is 12.1. The molecule has 0 aliphatic carbocycles. The van der Waals surface area contributed by atoms with Crippen LogP contribution in [0.4, 0.5) is 0 Å². The van der Waals surface area contributed by atoms with Gasteiger partial charge in [0.1, 0.15) is 12.1 Å². The van der Waals surface area contributed by atoms with Gasteiger partial charge in [0.15, 0.2) is 0 Å². The number of nitrogens with one attached hydrogen (secondary N) is 1. The number of carbonyl (C=O) groups is 1. The summed E-state index contributed by atoms with van der Waals surface area (Å²) < 4.78 is 5.47. The number of hydrogen-bond donors (Lipinski definition) is 1. The Bertz CT molecular complexity index is 436. The fourth-order valence-corrected chi connectivity index (χ4v) is 2.39. The number of esters is 1. The zero-order chi connectivity index (χ0) is 14.0. The first-order valence-electron chi connectivity index (χ1n) is 6.89. The number of carbonyl (C=O) groups excluding carboxylic acids is 1. The molecule has 1 aliphatic rings. The van der Waals surface area contributed by atoms with E-state index in [4.69, 9.17) is 4.74 Å². The Kier molecular flexibility index (Phi) is 3.95. The van der Waals surface area contributed by atoms with Crippen LogP contribution in [-0.4, -0.2) is 18.1 Å². The van der Waals surface area contributed by atoms with Gasteiger partial charge in [0, 0.05) is 12.5 Å². The monoisotopic (exact) mass is 261 g/mol. The Balaban J connectivity index is 1.99. The van der Waals surface area contributed by atoms with Crippen molar-refractivity contribution < 1.29 is 9.53 Å². The number of rotatable bonds is 3. The summed E-state index contributed by atoms with van der Waals surface area (Å²) in [6, 6.07) is 10.1. The van der Waals surface area contributed by atoms with Crippen molar-refractivity contribution in [2.45, 2.75) is 52.3 Å².